The van der Waals surface area contributed by atoms with E-state index in [1.807, 2.05) is 13.8 Å². The molecule has 1 aromatic carbocycles. The fourth-order valence-electron chi connectivity index (χ4n) is 1.76. The van der Waals surface area contributed by atoms with Crippen molar-refractivity contribution in [2.75, 3.05) is 19.5 Å². The van der Waals surface area contributed by atoms with Crippen LogP contribution in [0.4, 0.5) is 0 Å². The maximum atomic E-state index is 11.5. The third kappa shape index (κ3) is 4.11. The third-order valence-electron chi connectivity index (χ3n) is 3.03. The first kappa shape index (κ1) is 16.8. The Morgan fingerprint density at radius 1 is 1.15 bits per heavy atom. The molecule has 0 fully saturated rings. The Morgan fingerprint density at radius 2 is 1.70 bits per heavy atom. The van der Waals surface area contributed by atoms with Crippen LogP contribution in [0.1, 0.15) is 32.4 Å². The summed E-state index contributed by atoms with van der Waals surface area (Å²) in [5, 5.41) is 9.28. The van der Waals surface area contributed by atoms with Gasteiger partial charge in [0.1, 0.15) is 0 Å². The van der Waals surface area contributed by atoms with E-state index in [0.717, 1.165) is 6.26 Å². The van der Waals surface area contributed by atoms with Gasteiger partial charge in [-0.15, -0.1) is 0 Å². The first-order valence-corrected chi connectivity index (χ1v) is 8.53. The van der Waals surface area contributed by atoms with Crippen LogP contribution in [0.5, 0.6) is 11.5 Å². The minimum atomic E-state index is -3.32. The van der Waals surface area contributed by atoms with Crippen LogP contribution in [0, 0.1) is 0 Å². The van der Waals surface area contributed by atoms with Gasteiger partial charge in [0.2, 0.25) is 0 Å². The molecule has 114 valence electrons. The molecule has 0 aromatic heterocycles. The Kier molecular flexibility index (Phi) is 5.83. The lowest BCUT2D eigenvalue weighted by molar-refractivity contribution is 0.175. The molecule has 0 aliphatic rings. The van der Waals surface area contributed by atoms with E-state index in [1.54, 1.807) is 18.2 Å². The molecular weight excluding hydrogens is 280 g/mol. The molecule has 0 aliphatic heterocycles. The van der Waals surface area contributed by atoms with Crippen LogP contribution in [0.3, 0.4) is 0 Å². The smallest absolute Gasteiger partial charge is 0.161 e. The van der Waals surface area contributed by atoms with Gasteiger partial charge in [-0.05, 0) is 38.5 Å². The minimum absolute atomic E-state index is 0.460. The van der Waals surface area contributed by atoms with Crippen LogP contribution in [-0.4, -0.2) is 38.2 Å². The van der Waals surface area contributed by atoms with Crippen molar-refractivity contribution in [3.05, 3.63) is 23.8 Å². The summed E-state index contributed by atoms with van der Waals surface area (Å²) in [6.45, 7) is 6.15. The number of aliphatic hydroxyl groups is 1. The Labute approximate surface area is 120 Å². The fraction of sp³-hybridized carbons (Fsp3) is 0.571. The van der Waals surface area contributed by atoms with Crippen molar-refractivity contribution < 1.29 is 23.0 Å². The van der Waals surface area contributed by atoms with Crippen LogP contribution >= 0.6 is 0 Å². The predicted octanol–water partition coefficient (Wildman–Crippen LogP) is 1.95. The third-order valence-corrected chi connectivity index (χ3v) is 4.64. The Morgan fingerprint density at radius 3 is 2.20 bits per heavy atom. The molecule has 20 heavy (non-hydrogen) atoms. The zero-order valence-electron chi connectivity index (χ0n) is 12.3. The molecule has 1 rings (SSSR count). The van der Waals surface area contributed by atoms with Crippen molar-refractivity contribution in [3.63, 3.8) is 0 Å². The van der Waals surface area contributed by atoms with Gasteiger partial charge in [0.05, 0.1) is 24.6 Å². The summed E-state index contributed by atoms with van der Waals surface area (Å²) in [6, 6.07) is 4.96. The van der Waals surface area contributed by atoms with E-state index >= 15 is 0 Å². The van der Waals surface area contributed by atoms with Gasteiger partial charge in [-0.3, -0.25) is 0 Å². The number of benzene rings is 1. The SMILES string of the molecule is CCOc1ccc(C(O)C(C)S(C)(=O)=O)cc1OCC. The van der Waals surface area contributed by atoms with Crippen LogP contribution in [0.25, 0.3) is 0 Å². The number of aliphatic hydroxyl groups excluding tert-OH is 1. The van der Waals surface area contributed by atoms with Gasteiger partial charge in [0.15, 0.2) is 21.3 Å². The maximum absolute atomic E-state index is 11.5. The highest BCUT2D eigenvalue weighted by Crippen LogP contribution is 2.32. The second kappa shape index (κ2) is 6.95. The molecule has 5 nitrogen and oxygen atoms in total. The van der Waals surface area contributed by atoms with E-state index in [1.165, 1.54) is 6.92 Å². The van der Waals surface area contributed by atoms with Gasteiger partial charge in [-0.1, -0.05) is 6.07 Å². The number of ether oxygens (including phenoxy) is 2. The predicted molar refractivity (Wildman–Crippen MR) is 78.0 cm³/mol. The number of sulfone groups is 1. The average molecular weight is 302 g/mol. The number of hydrogen-bond donors (Lipinski definition) is 1. The lowest BCUT2D eigenvalue weighted by Gasteiger charge is -2.19. The van der Waals surface area contributed by atoms with Crippen LogP contribution in [-0.2, 0) is 9.84 Å². The molecular formula is C14H22O5S. The van der Waals surface area contributed by atoms with Crippen LogP contribution < -0.4 is 9.47 Å². The highest BCUT2D eigenvalue weighted by Gasteiger charge is 2.26. The zero-order valence-corrected chi connectivity index (χ0v) is 13.1. The Bertz CT molecular complexity index is 538. The Balaban J connectivity index is 3.10. The zero-order chi connectivity index (χ0) is 15.3. The molecule has 0 aliphatic carbocycles. The van der Waals surface area contributed by atoms with Crippen molar-refractivity contribution in [2.24, 2.45) is 0 Å². The maximum Gasteiger partial charge on any atom is 0.161 e. The summed E-state index contributed by atoms with van der Waals surface area (Å²) in [4.78, 5) is 0. The van der Waals surface area contributed by atoms with Gasteiger partial charge < -0.3 is 14.6 Å². The molecule has 2 atom stereocenters. The first-order chi connectivity index (χ1) is 9.31. The minimum Gasteiger partial charge on any atom is -0.490 e. The summed E-state index contributed by atoms with van der Waals surface area (Å²) < 4.78 is 33.9. The molecule has 0 saturated heterocycles. The largest absolute Gasteiger partial charge is 0.490 e. The lowest BCUT2D eigenvalue weighted by atomic mass is 10.1. The summed E-state index contributed by atoms with van der Waals surface area (Å²) in [5.74, 6) is 1.09. The molecule has 0 spiro atoms. The molecule has 0 bridgehead atoms. The summed E-state index contributed by atoms with van der Waals surface area (Å²) in [5.41, 5.74) is 0.495. The summed E-state index contributed by atoms with van der Waals surface area (Å²) in [7, 11) is -3.32. The highest BCUT2D eigenvalue weighted by atomic mass is 32.2. The molecule has 2 unspecified atom stereocenters. The highest BCUT2D eigenvalue weighted by molar-refractivity contribution is 7.91. The van der Waals surface area contributed by atoms with Gasteiger partial charge in [-0.2, -0.15) is 0 Å². The van der Waals surface area contributed by atoms with E-state index in [2.05, 4.69) is 0 Å². The normalized spacial score (nSPS) is 14.7. The second-order valence-electron chi connectivity index (χ2n) is 4.55. The van der Waals surface area contributed by atoms with E-state index in [0.29, 0.717) is 30.3 Å². The first-order valence-electron chi connectivity index (χ1n) is 6.57. The molecule has 0 radical (unpaired) electrons. The summed E-state index contributed by atoms with van der Waals surface area (Å²) >= 11 is 0. The Hall–Kier alpha value is -1.27. The fourth-order valence-corrected chi connectivity index (χ4v) is 2.38. The molecule has 6 heteroatoms. The molecule has 0 saturated carbocycles. The quantitative estimate of drug-likeness (QED) is 0.833. The van der Waals surface area contributed by atoms with E-state index in [9.17, 15) is 13.5 Å². The van der Waals surface area contributed by atoms with Crippen molar-refractivity contribution in [3.8, 4) is 11.5 Å². The van der Waals surface area contributed by atoms with E-state index in [-0.39, 0.29) is 0 Å². The van der Waals surface area contributed by atoms with Crippen molar-refractivity contribution in [1.82, 2.24) is 0 Å². The van der Waals surface area contributed by atoms with Crippen molar-refractivity contribution >= 4 is 9.84 Å². The number of hydrogen-bond acceptors (Lipinski definition) is 5. The van der Waals surface area contributed by atoms with Crippen molar-refractivity contribution in [2.45, 2.75) is 32.1 Å². The number of rotatable bonds is 7. The average Bonchev–Trinajstić information content (AvgIpc) is 2.38. The molecule has 0 heterocycles. The van der Waals surface area contributed by atoms with Gasteiger partial charge >= 0.3 is 0 Å². The molecule has 0 amide bonds. The molecule has 1 N–H and O–H groups in total. The van der Waals surface area contributed by atoms with E-state index in [4.69, 9.17) is 9.47 Å². The van der Waals surface area contributed by atoms with Gasteiger partial charge in [0, 0.05) is 6.26 Å². The van der Waals surface area contributed by atoms with Crippen molar-refractivity contribution in [1.29, 1.82) is 0 Å². The van der Waals surface area contributed by atoms with Crippen LogP contribution in [0.2, 0.25) is 0 Å². The van der Waals surface area contributed by atoms with Gasteiger partial charge in [-0.25, -0.2) is 8.42 Å². The van der Waals surface area contributed by atoms with E-state index < -0.39 is 21.2 Å². The van der Waals surface area contributed by atoms with Gasteiger partial charge in [0.25, 0.3) is 0 Å². The lowest BCUT2D eigenvalue weighted by Crippen LogP contribution is -2.24. The molecule has 1 aromatic rings. The second-order valence-corrected chi connectivity index (χ2v) is 6.95. The topological polar surface area (TPSA) is 72.8 Å². The monoisotopic (exact) mass is 302 g/mol. The van der Waals surface area contributed by atoms with Crippen LogP contribution in [0.15, 0.2) is 18.2 Å². The standard InChI is InChI=1S/C14H22O5S/c1-5-18-12-8-7-11(9-13(12)19-6-2)14(15)10(3)20(4,16)17/h7-10,14-15H,5-6H2,1-4H3. The summed E-state index contributed by atoms with van der Waals surface area (Å²) in [6.07, 6.45) is 0.0127.